The number of carbonyl (C=O) groups is 1. The average Bonchev–Trinajstić information content (AvgIpc) is 2.16. The molecule has 5 heteroatoms. The van der Waals surface area contributed by atoms with E-state index in [2.05, 4.69) is 5.32 Å². The highest BCUT2D eigenvalue weighted by Crippen LogP contribution is 2.32. The van der Waals surface area contributed by atoms with Crippen LogP contribution in [0.2, 0.25) is 5.02 Å². The Hall–Kier alpha value is -1.42. The first-order chi connectivity index (χ1) is 7.15. The summed E-state index contributed by atoms with van der Waals surface area (Å²) in [5.41, 5.74) is 0.848. The molecule has 1 aromatic rings. The fourth-order valence-corrected chi connectivity index (χ4v) is 1.66. The van der Waals surface area contributed by atoms with Crippen LogP contribution in [-0.4, -0.2) is 23.7 Å². The molecule has 0 fully saturated rings. The highest BCUT2D eigenvalue weighted by Gasteiger charge is 2.21. The van der Waals surface area contributed by atoms with Crippen LogP contribution in [0.15, 0.2) is 18.2 Å². The van der Waals surface area contributed by atoms with E-state index in [0.29, 0.717) is 17.3 Å². The van der Waals surface area contributed by atoms with Gasteiger partial charge in [-0.05, 0) is 12.1 Å². The van der Waals surface area contributed by atoms with Crippen LogP contribution < -0.4 is 10.1 Å². The van der Waals surface area contributed by atoms with Crippen LogP contribution in [0.4, 0.5) is 5.69 Å². The molecular formula is C10H10ClNO3. The Labute approximate surface area is 91.8 Å². The molecule has 0 saturated heterocycles. The molecule has 1 aliphatic heterocycles. The fraction of sp³-hybridized carbons (Fsp3) is 0.300. The lowest BCUT2D eigenvalue weighted by Gasteiger charge is -2.26. The van der Waals surface area contributed by atoms with Gasteiger partial charge in [0, 0.05) is 11.1 Å². The van der Waals surface area contributed by atoms with Gasteiger partial charge in [0.25, 0.3) is 0 Å². The zero-order valence-electron chi connectivity index (χ0n) is 7.87. The largest absolute Gasteiger partial charge is 0.486 e. The van der Waals surface area contributed by atoms with Crippen molar-refractivity contribution in [3.8, 4) is 5.75 Å². The SMILES string of the molecule is O=C(O)CC1CNc2ccc(Cl)cc2O1. The van der Waals surface area contributed by atoms with Gasteiger partial charge in [-0.3, -0.25) is 4.79 Å². The van der Waals surface area contributed by atoms with Crippen LogP contribution >= 0.6 is 11.6 Å². The smallest absolute Gasteiger partial charge is 0.307 e. The lowest BCUT2D eigenvalue weighted by molar-refractivity contribution is -0.138. The number of carboxylic acid groups (broad SMARTS) is 1. The molecule has 0 saturated carbocycles. The van der Waals surface area contributed by atoms with Crippen molar-refractivity contribution in [2.45, 2.75) is 12.5 Å². The van der Waals surface area contributed by atoms with Crippen LogP contribution in [0.1, 0.15) is 6.42 Å². The van der Waals surface area contributed by atoms with Gasteiger partial charge in [-0.25, -0.2) is 0 Å². The number of carboxylic acids is 1. The van der Waals surface area contributed by atoms with E-state index in [1.54, 1.807) is 12.1 Å². The third kappa shape index (κ3) is 2.33. The summed E-state index contributed by atoms with van der Waals surface area (Å²) in [5, 5.41) is 12.3. The Kier molecular flexibility index (Phi) is 2.68. The van der Waals surface area contributed by atoms with Crippen LogP contribution in [0.25, 0.3) is 0 Å². The van der Waals surface area contributed by atoms with Gasteiger partial charge in [0.05, 0.1) is 18.7 Å². The molecule has 1 heterocycles. The molecule has 1 aliphatic rings. The molecule has 2 N–H and O–H groups in total. The van der Waals surface area contributed by atoms with Crippen LogP contribution in [0, 0.1) is 0 Å². The van der Waals surface area contributed by atoms with Gasteiger partial charge in [0.2, 0.25) is 0 Å². The van der Waals surface area contributed by atoms with E-state index in [-0.39, 0.29) is 12.5 Å². The van der Waals surface area contributed by atoms with Gasteiger partial charge in [-0.15, -0.1) is 0 Å². The molecular weight excluding hydrogens is 218 g/mol. The summed E-state index contributed by atoms with van der Waals surface area (Å²) in [7, 11) is 0. The van der Waals surface area contributed by atoms with Crippen molar-refractivity contribution in [1.29, 1.82) is 0 Å². The van der Waals surface area contributed by atoms with E-state index in [0.717, 1.165) is 5.69 Å². The predicted molar refractivity (Wildman–Crippen MR) is 56.6 cm³/mol. The van der Waals surface area contributed by atoms with Crippen molar-refractivity contribution in [2.24, 2.45) is 0 Å². The molecule has 0 amide bonds. The van der Waals surface area contributed by atoms with E-state index in [9.17, 15) is 4.79 Å². The Morgan fingerprint density at radius 1 is 1.67 bits per heavy atom. The number of hydrogen-bond acceptors (Lipinski definition) is 3. The molecule has 2 rings (SSSR count). The Morgan fingerprint density at radius 3 is 3.20 bits per heavy atom. The first kappa shape index (κ1) is 10.1. The predicted octanol–water partition coefficient (Wildman–Crippen LogP) is 1.99. The minimum absolute atomic E-state index is 0.0149. The normalized spacial score (nSPS) is 18.6. The molecule has 0 aliphatic carbocycles. The number of nitrogens with one attached hydrogen (secondary N) is 1. The molecule has 0 aromatic heterocycles. The summed E-state index contributed by atoms with van der Waals surface area (Å²) in [6.45, 7) is 0.501. The monoisotopic (exact) mass is 227 g/mol. The summed E-state index contributed by atoms with van der Waals surface area (Å²) in [6, 6.07) is 5.25. The van der Waals surface area contributed by atoms with E-state index in [1.807, 2.05) is 6.07 Å². The van der Waals surface area contributed by atoms with E-state index < -0.39 is 5.97 Å². The number of anilines is 1. The van der Waals surface area contributed by atoms with Gasteiger partial charge in [-0.2, -0.15) is 0 Å². The lowest BCUT2D eigenvalue weighted by atomic mass is 10.2. The standard InChI is InChI=1S/C10H10ClNO3/c11-6-1-2-8-9(3-6)15-7(5-12-8)4-10(13)14/h1-3,7,12H,4-5H2,(H,13,14). The maximum atomic E-state index is 10.5. The molecule has 0 bridgehead atoms. The fourth-order valence-electron chi connectivity index (χ4n) is 1.49. The summed E-state index contributed by atoms with van der Waals surface area (Å²) in [4.78, 5) is 10.5. The quantitative estimate of drug-likeness (QED) is 0.811. The number of ether oxygens (including phenoxy) is 1. The Bertz CT molecular complexity index is 394. The van der Waals surface area contributed by atoms with Crippen LogP contribution in [0.3, 0.4) is 0 Å². The number of halogens is 1. The number of fused-ring (bicyclic) bond motifs is 1. The molecule has 80 valence electrons. The van der Waals surface area contributed by atoms with Gasteiger partial charge >= 0.3 is 5.97 Å². The van der Waals surface area contributed by atoms with Crippen molar-refractivity contribution in [3.63, 3.8) is 0 Å². The van der Waals surface area contributed by atoms with Crippen molar-refractivity contribution in [2.75, 3.05) is 11.9 Å². The summed E-state index contributed by atoms with van der Waals surface area (Å²) < 4.78 is 5.50. The van der Waals surface area contributed by atoms with Crippen molar-refractivity contribution in [1.82, 2.24) is 0 Å². The van der Waals surface area contributed by atoms with Gasteiger partial charge in [0.1, 0.15) is 11.9 Å². The van der Waals surface area contributed by atoms with E-state index in [1.165, 1.54) is 0 Å². The van der Waals surface area contributed by atoms with Crippen molar-refractivity contribution < 1.29 is 14.6 Å². The zero-order chi connectivity index (χ0) is 10.8. The first-order valence-electron chi connectivity index (χ1n) is 4.57. The third-order valence-corrected chi connectivity index (χ3v) is 2.39. The summed E-state index contributed by atoms with van der Waals surface area (Å²) in [6.07, 6.45) is -0.354. The van der Waals surface area contributed by atoms with E-state index >= 15 is 0 Å². The second kappa shape index (κ2) is 3.98. The third-order valence-electron chi connectivity index (χ3n) is 2.16. The number of aliphatic carboxylic acids is 1. The maximum absolute atomic E-state index is 10.5. The second-order valence-electron chi connectivity index (χ2n) is 3.36. The minimum atomic E-state index is -0.868. The highest BCUT2D eigenvalue weighted by molar-refractivity contribution is 6.30. The molecule has 1 aromatic carbocycles. The molecule has 1 unspecified atom stereocenters. The zero-order valence-corrected chi connectivity index (χ0v) is 8.62. The van der Waals surface area contributed by atoms with Gasteiger partial charge in [0.15, 0.2) is 0 Å². The maximum Gasteiger partial charge on any atom is 0.307 e. The highest BCUT2D eigenvalue weighted by atomic mass is 35.5. The number of benzene rings is 1. The molecule has 1 atom stereocenters. The molecule has 0 spiro atoms. The summed E-state index contributed by atoms with van der Waals surface area (Å²) >= 11 is 5.81. The lowest BCUT2D eigenvalue weighted by Crippen LogP contribution is -2.32. The van der Waals surface area contributed by atoms with Gasteiger partial charge < -0.3 is 15.2 Å². The second-order valence-corrected chi connectivity index (χ2v) is 3.80. The Balaban J connectivity index is 2.14. The van der Waals surface area contributed by atoms with Gasteiger partial charge in [-0.1, -0.05) is 11.6 Å². The topological polar surface area (TPSA) is 58.6 Å². The number of hydrogen-bond donors (Lipinski definition) is 2. The van der Waals surface area contributed by atoms with Crippen LogP contribution in [0.5, 0.6) is 5.75 Å². The minimum Gasteiger partial charge on any atom is -0.486 e. The van der Waals surface area contributed by atoms with Crippen molar-refractivity contribution in [3.05, 3.63) is 23.2 Å². The molecule has 15 heavy (non-hydrogen) atoms. The van der Waals surface area contributed by atoms with E-state index in [4.69, 9.17) is 21.4 Å². The van der Waals surface area contributed by atoms with Crippen LogP contribution in [-0.2, 0) is 4.79 Å². The van der Waals surface area contributed by atoms with Crippen molar-refractivity contribution >= 4 is 23.3 Å². The first-order valence-corrected chi connectivity index (χ1v) is 4.95. The summed E-state index contributed by atoms with van der Waals surface area (Å²) in [5.74, 6) is -0.257. The molecule has 0 radical (unpaired) electrons. The molecule has 4 nitrogen and oxygen atoms in total. The Morgan fingerprint density at radius 2 is 2.47 bits per heavy atom. The average molecular weight is 228 g/mol. The number of rotatable bonds is 2.